The largest absolute Gasteiger partial charge is 0.456 e. The van der Waals surface area contributed by atoms with Crippen molar-refractivity contribution in [2.24, 2.45) is 0 Å². The molecule has 0 unspecified atom stereocenters. The van der Waals surface area contributed by atoms with Crippen LogP contribution in [0.1, 0.15) is 0 Å². The summed E-state index contributed by atoms with van der Waals surface area (Å²) in [4.78, 5) is 15.8. The normalized spacial score (nSPS) is 11.8. The number of aromatic nitrogens is 3. The molecule has 0 radical (unpaired) electrons. The molecular weight excluding hydrogens is 711 g/mol. The molecule has 12 rings (SSSR count). The first kappa shape index (κ1) is 32.4. The fraction of sp³-hybridized carbons (Fsp3) is 0. The van der Waals surface area contributed by atoms with Crippen LogP contribution >= 0.6 is 0 Å². The van der Waals surface area contributed by atoms with E-state index in [2.05, 4.69) is 146 Å². The molecule has 12 aromatic rings. The highest BCUT2D eigenvalue weighted by Crippen LogP contribution is 2.42. The molecule has 3 aromatic heterocycles. The molecule has 5 heteroatoms. The van der Waals surface area contributed by atoms with E-state index >= 15 is 0 Å². The van der Waals surface area contributed by atoms with Crippen LogP contribution in [0.5, 0.6) is 0 Å². The zero-order valence-electron chi connectivity index (χ0n) is 31.1. The van der Waals surface area contributed by atoms with Crippen molar-refractivity contribution in [3.05, 3.63) is 188 Å². The summed E-state index contributed by atoms with van der Waals surface area (Å²) in [7, 11) is 0. The van der Waals surface area contributed by atoms with Crippen molar-refractivity contribution in [2.45, 2.75) is 0 Å². The number of para-hydroxylation sites is 2. The summed E-state index contributed by atoms with van der Waals surface area (Å²) in [5.74, 6) is 1.80. The van der Waals surface area contributed by atoms with Gasteiger partial charge in [-0.3, -0.25) is 0 Å². The molecule has 0 saturated heterocycles. The van der Waals surface area contributed by atoms with Crippen molar-refractivity contribution in [2.75, 3.05) is 0 Å². The zero-order chi connectivity index (χ0) is 38.2. The number of nitrogens with zero attached hydrogens (tertiary/aromatic N) is 3. The van der Waals surface area contributed by atoms with Crippen molar-refractivity contribution >= 4 is 65.4 Å². The molecule has 5 nitrogen and oxygen atoms in total. The van der Waals surface area contributed by atoms with E-state index in [4.69, 9.17) is 23.8 Å². The summed E-state index contributed by atoms with van der Waals surface area (Å²) in [5, 5.41) is 8.74. The predicted molar refractivity (Wildman–Crippen MR) is 237 cm³/mol. The van der Waals surface area contributed by atoms with Crippen molar-refractivity contribution in [1.82, 2.24) is 15.0 Å². The summed E-state index contributed by atoms with van der Waals surface area (Å²) >= 11 is 0. The highest BCUT2D eigenvalue weighted by Gasteiger charge is 2.20. The minimum atomic E-state index is 0.595. The van der Waals surface area contributed by atoms with Crippen molar-refractivity contribution in [3.63, 3.8) is 0 Å². The van der Waals surface area contributed by atoms with Crippen LogP contribution in [0.25, 0.3) is 122 Å². The summed E-state index contributed by atoms with van der Waals surface area (Å²) < 4.78 is 12.6. The summed E-state index contributed by atoms with van der Waals surface area (Å²) in [6.07, 6.45) is 0. The molecule has 3 heterocycles. The first-order valence-electron chi connectivity index (χ1n) is 19.4. The van der Waals surface area contributed by atoms with E-state index in [1.54, 1.807) is 0 Å². The molecule has 0 N–H and O–H groups in total. The van der Waals surface area contributed by atoms with Crippen LogP contribution in [0, 0.1) is 0 Å². The topological polar surface area (TPSA) is 65.0 Å². The molecule has 270 valence electrons. The average molecular weight is 742 g/mol. The molecule has 0 aliphatic heterocycles. The molecule has 0 aliphatic rings. The zero-order valence-corrected chi connectivity index (χ0v) is 31.1. The van der Waals surface area contributed by atoms with E-state index < -0.39 is 0 Å². The number of furan rings is 2. The van der Waals surface area contributed by atoms with E-state index in [-0.39, 0.29) is 0 Å². The maximum Gasteiger partial charge on any atom is 0.164 e. The van der Waals surface area contributed by atoms with Crippen molar-refractivity contribution in [1.29, 1.82) is 0 Å². The summed E-state index contributed by atoms with van der Waals surface area (Å²) in [5.41, 5.74) is 10.6. The fourth-order valence-electron chi connectivity index (χ4n) is 8.63. The minimum absolute atomic E-state index is 0.595. The van der Waals surface area contributed by atoms with Crippen molar-refractivity contribution < 1.29 is 8.83 Å². The van der Waals surface area contributed by atoms with Gasteiger partial charge in [0.1, 0.15) is 22.3 Å². The molecular formula is C53H31N3O2. The SMILES string of the molecule is c1ccc(-c2ccccc2-c2nc(-c3ccc4cc5c(cc4c3)oc3ccccc35)nc(-c3ccc(-c4cccc5oc6ccccc6c45)c4ccccc34)n2)cc1. The second-order valence-electron chi connectivity index (χ2n) is 14.7. The van der Waals surface area contributed by atoms with Crippen LogP contribution in [0.3, 0.4) is 0 Å². The van der Waals surface area contributed by atoms with Crippen LogP contribution in [0.2, 0.25) is 0 Å². The van der Waals surface area contributed by atoms with Gasteiger partial charge in [0.05, 0.1) is 0 Å². The van der Waals surface area contributed by atoms with Gasteiger partial charge in [-0.05, 0) is 86.3 Å². The van der Waals surface area contributed by atoms with Gasteiger partial charge in [-0.1, -0.05) is 146 Å². The first-order valence-corrected chi connectivity index (χ1v) is 19.4. The Hall–Kier alpha value is -7.89. The van der Waals surface area contributed by atoms with Crippen LogP contribution in [-0.2, 0) is 0 Å². The number of fused-ring (bicyclic) bond motifs is 8. The van der Waals surface area contributed by atoms with Crippen LogP contribution < -0.4 is 0 Å². The lowest BCUT2D eigenvalue weighted by Crippen LogP contribution is -2.01. The number of benzene rings is 9. The second kappa shape index (κ2) is 12.8. The molecule has 0 aliphatic carbocycles. The number of rotatable bonds is 5. The summed E-state index contributed by atoms with van der Waals surface area (Å²) in [6, 6.07) is 65.1. The van der Waals surface area contributed by atoms with Gasteiger partial charge in [-0.2, -0.15) is 0 Å². The van der Waals surface area contributed by atoms with Gasteiger partial charge >= 0.3 is 0 Å². The Bertz CT molecular complexity index is 3580. The van der Waals surface area contributed by atoms with E-state index in [9.17, 15) is 0 Å². The molecule has 0 fully saturated rings. The Morgan fingerprint density at radius 2 is 0.862 bits per heavy atom. The first-order chi connectivity index (χ1) is 28.7. The maximum absolute atomic E-state index is 6.30. The standard InChI is InChI=1S/C53H31N3O2/c1-2-13-32(14-3-1)36-15-4-7-19-42(36)52-54-51(34-26-25-33-30-45-40-18-8-10-22-46(40)58-49(45)31-35(33)29-34)55-53(56-52)43-28-27-39(37-16-5-6-17-38(37)43)41-21-12-24-48-50(41)44-20-9-11-23-47(44)57-48/h1-31H. The van der Waals surface area contributed by atoms with E-state index in [1.165, 1.54) is 0 Å². The molecule has 9 aromatic carbocycles. The molecule has 0 atom stereocenters. The van der Waals surface area contributed by atoms with Gasteiger partial charge in [0.15, 0.2) is 17.5 Å². The minimum Gasteiger partial charge on any atom is -0.456 e. The highest BCUT2D eigenvalue weighted by atomic mass is 16.3. The molecule has 0 saturated carbocycles. The third-order valence-corrected chi connectivity index (χ3v) is 11.3. The van der Waals surface area contributed by atoms with Gasteiger partial charge in [0, 0.05) is 38.2 Å². The van der Waals surface area contributed by atoms with Crippen LogP contribution in [0.4, 0.5) is 0 Å². The van der Waals surface area contributed by atoms with Crippen molar-refractivity contribution in [3.8, 4) is 56.4 Å². The number of hydrogen-bond acceptors (Lipinski definition) is 5. The Balaban J connectivity index is 1.08. The van der Waals surface area contributed by atoms with Crippen LogP contribution in [0.15, 0.2) is 197 Å². The molecule has 58 heavy (non-hydrogen) atoms. The lowest BCUT2D eigenvalue weighted by Gasteiger charge is -2.15. The fourth-order valence-corrected chi connectivity index (χ4v) is 8.63. The third kappa shape index (κ3) is 5.14. The monoisotopic (exact) mass is 741 g/mol. The Morgan fingerprint density at radius 1 is 0.276 bits per heavy atom. The van der Waals surface area contributed by atoms with Gasteiger partial charge in [-0.15, -0.1) is 0 Å². The molecule has 0 spiro atoms. The average Bonchev–Trinajstić information content (AvgIpc) is 3.86. The third-order valence-electron chi connectivity index (χ3n) is 11.3. The predicted octanol–water partition coefficient (Wildman–Crippen LogP) is 14.3. The Morgan fingerprint density at radius 3 is 1.69 bits per heavy atom. The second-order valence-corrected chi connectivity index (χ2v) is 14.7. The van der Waals surface area contributed by atoms with Crippen LogP contribution in [-0.4, -0.2) is 15.0 Å². The molecule has 0 amide bonds. The smallest absolute Gasteiger partial charge is 0.164 e. The highest BCUT2D eigenvalue weighted by molar-refractivity contribution is 6.16. The summed E-state index contributed by atoms with van der Waals surface area (Å²) in [6.45, 7) is 0. The van der Waals surface area contributed by atoms with Gasteiger partial charge in [-0.25, -0.2) is 15.0 Å². The lowest BCUT2D eigenvalue weighted by molar-refractivity contribution is 0.669. The van der Waals surface area contributed by atoms with E-state index in [0.29, 0.717) is 17.5 Å². The quantitative estimate of drug-likeness (QED) is 0.176. The lowest BCUT2D eigenvalue weighted by atomic mass is 9.92. The maximum atomic E-state index is 6.30. The number of hydrogen-bond donors (Lipinski definition) is 0. The van der Waals surface area contributed by atoms with Gasteiger partial charge in [0.2, 0.25) is 0 Å². The molecule has 0 bridgehead atoms. The Labute approximate surface area is 332 Å². The Kier molecular flexibility index (Phi) is 7.16. The van der Waals surface area contributed by atoms with E-state index in [0.717, 1.165) is 104 Å². The van der Waals surface area contributed by atoms with E-state index in [1.807, 2.05) is 42.5 Å². The van der Waals surface area contributed by atoms with Gasteiger partial charge < -0.3 is 8.83 Å². The van der Waals surface area contributed by atoms with Gasteiger partial charge in [0.25, 0.3) is 0 Å².